The van der Waals surface area contributed by atoms with Gasteiger partial charge in [-0.25, -0.2) is 13.8 Å². The van der Waals surface area contributed by atoms with Gasteiger partial charge in [-0.2, -0.15) is 18.3 Å². The van der Waals surface area contributed by atoms with Crippen molar-refractivity contribution >= 4 is 29.1 Å². The van der Waals surface area contributed by atoms with Crippen LogP contribution in [0.1, 0.15) is 18.1 Å². The number of benzene rings is 2. The summed E-state index contributed by atoms with van der Waals surface area (Å²) in [5.41, 5.74) is -1.15. The molecule has 5 rings (SSSR count). The van der Waals surface area contributed by atoms with Gasteiger partial charge in [-0.1, -0.05) is 30.3 Å². The van der Waals surface area contributed by atoms with E-state index in [2.05, 4.69) is 27.2 Å². The topological polar surface area (TPSA) is 55.2 Å². The molecule has 0 saturated carbocycles. The summed E-state index contributed by atoms with van der Waals surface area (Å²) in [7, 11) is 1.61. The summed E-state index contributed by atoms with van der Waals surface area (Å²) in [6.07, 6.45) is -3.62. The molecule has 12 heteroatoms. The second-order valence-electron chi connectivity index (χ2n) is 8.98. The van der Waals surface area contributed by atoms with Crippen LogP contribution in [-0.2, 0) is 19.8 Å². The van der Waals surface area contributed by atoms with Gasteiger partial charge < -0.3 is 15.0 Å². The Morgan fingerprint density at radius 3 is 2.53 bits per heavy atom. The molecule has 4 aromatic rings. The molecule has 202 valence electrons. The molecular weight excluding hydrogens is 529 g/mol. The Bertz CT molecular complexity index is 1440. The fraction of sp³-hybridized carbons (Fsp3) is 0.308. The number of nitrogens with zero attached hydrogens (tertiary/aromatic N) is 4. The molecule has 3 heterocycles. The molecule has 0 aliphatic carbocycles. The van der Waals surface area contributed by atoms with E-state index in [9.17, 15) is 17.6 Å². The molecule has 1 saturated heterocycles. The summed E-state index contributed by atoms with van der Waals surface area (Å²) in [5.74, 6) is -3.50. The van der Waals surface area contributed by atoms with Crippen LogP contribution in [-0.4, -0.2) is 40.4 Å². The minimum atomic E-state index is -5.08. The number of fused-ring (bicyclic) bond motifs is 1. The molecule has 6 nitrogen and oxygen atoms in total. The van der Waals surface area contributed by atoms with E-state index >= 15 is 4.39 Å². The number of rotatable bonds is 5. The molecular formula is C26H25ClF5N5O. The highest BCUT2D eigenvalue weighted by Crippen LogP contribution is 2.42. The van der Waals surface area contributed by atoms with Crippen molar-refractivity contribution in [1.29, 1.82) is 0 Å². The zero-order valence-corrected chi connectivity index (χ0v) is 21.3. The monoisotopic (exact) mass is 553 g/mol. The van der Waals surface area contributed by atoms with Gasteiger partial charge >= 0.3 is 6.18 Å². The van der Waals surface area contributed by atoms with Crippen molar-refractivity contribution in [1.82, 2.24) is 20.1 Å². The molecule has 0 amide bonds. The van der Waals surface area contributed by atoms with E-state index in [1.807, 2.05) is 0 Å². The number of pyridine rings is 1. The molecule has 1 N–H and O–H groups in total. The molecule has 0 unspecified atom stereocenters. The lowest BCUT2D eigenvalue weighted by Gasteiger charge is -2.34. The molecule has 1 fully saturated rings. The second-order valence-corrected chi connectivity index (χ2v) is 8.98. The lowest BCUT2D eigenvalue weighted by molar-refractivity contribution is -0.140. The fourth-order valence-corrected chi connectivity index (χ4v) is 4.53. The number of hydrogen-bond donors (Lipinski definition) is 1. The van der Waals surface area contributed by atoms with E-state index in [0.29, 0.717) is 28.4 Å². The summed E-state index contributed by atoms with van der Waals surface area (Å²) >= 11 is 0. The van der Waals surface area contributed by atoms with Gasteiger partial charge in [0.25, 0.3) is 0 Å². The van der Waals surface area contributed by atoms with E-state index in [1.165, 1.54) is 10.9 Å². The van der Waals surface area contributed by atoms with Gasteiger partial charge in [0.1, 0.15) is 18.1 Å². The number of aromatic nitrogens is 3. The molecule has 38 heavy (non-hydrogen) atoms. The SMILES string of the molecule is C[C@@H]1CNCCN1c1cc2c(cn1)c(-c1cc(C(F)(F)F)c(F)c(OCc3ccccc3)c1F)nn2C.Cl. The van der Waals surface area contributed by atoms with Gasteiger partial charge in [0.15, 0.2) is 17.4 Å². The lowest BCUT2D eigenvalue weighted by Crippen LogP contribution is -2.50. The number of ether oxygens (including phenoxy) is 1. The normalized spacial score (nSPS) is 16.0. The largest absolute Gasteiger partial charge is 0.483 e. The summed E-state index contributed by atoms with van der Waals surface area (Å²) in [6, 6.07) is 10.8. The molecule has 0 radical (unpaired) electrons. The zero-order valence-electron chi connectivity index (χ0n) is 20.5. The molecule has 0 spiro atoms. The highest BCUT2D eigenvalue weighted by atomic mass is 35.5. The van der Waals surface area contributed by atoms with Crippen LogP contribution in [0.25, 0.3) is 22.2 Å². The second kappa shape index (κ2) is 10.7. The molecule has 0 bridgehead atoms. The smallest absolute Gasteiger partial charge is 0.419 e. The van der Waals surface area contributed by atoms with Gasteiger partial charge in [0.05, 0.1) is 11.1 Å². The number of nitrogens with one attached hydrogen (secondary N) is 1. The Kier molecular flexibility index (Phi) is 7.80. The van der Waals surface area contributed by atoms with Crippen molar-refractivity contribution in [3.8, 4) is 17.0 Å². The van der Waals surface area contributed by atoms with Crippen molar-refractivity contribution < 1.29 is 26.7 Å². The third-order valence-electron chi connectivity index (χ3n) is 6.46. The third kappa shape index (κ3) is 5.12. The van der Waals surface area contributed by atoms with Crippen molar-refractivity contribution in [2.75, 3.05) is 24.5 Å². The highest BCUT2D eigenvalue weighted by Gasteiger charge is 2.38. The van der Waals surface area contributed by atoms with Gasteiger partial charge in [0.2, 0.25) is 0 Å². The maximum absolute atomic E-state index is 15.6. The van der Waals surface area contributed by atoms with Crippen LogP contribution in [0, 0.1) is 11.6 Å². The third-order valence-corrected chi connectivity index (χ3v) is 6.46. The fourth-order valence-electron chi connectivity index (χ4n) is 4.53. The first-order chi connectivity index (χ1) is 17.6. The van der Waals surface area contributed by atoms with Gasteiger partial charge in [-0.3, -0.25) is 4.68 Å². The standard InChI is InChI=1S/C26H24F5N5O.ClH/c1-15-12-32-8-9-36(15)21-11-20-18(13-33-21)24(34-35(20)2)17-10-19(26(29,30)31)23(28)25(22(17)27)37-14-16-6-4-3-5-7-16;/h3-7,10-11,13,15,32H,8-9,12,14H2,1-2H3;1H/t15-;/m1./s1. The quantitative estimate of drug-likeness (QED) is 0.320. The van der Waals surface area contributed by atoms with Crippen molar-refractivity contribution in [2.45, 2.75) is 25.7 Å². The van der Waals surface area contributed by atoms with Crippen LogP contribution in [0.2, 0.25) is 0 Å². The van der Waals surface area contributed by atoms with Crippen molar-refractivity contribution in [3.05, 3.63) is 71.4 Å². The van der Waals surface area contributed by atoms with Crippen LogP contribution in [0.15, 0.2) is 48.7 Å². The molecule has 2 aromatic carbocycles. The van der Waals surface area contributed by atoms with E-state index in [-0.39, 0.29) is 30.7 Å². The number of halogens is 6. The Morgan fingerprint density at radius 1 is 1.11 bits per heavy atom. The molecule has 2 aromatic heterocycles. The number of alkyl halides is 3. The minimum Gasteiger partial charge on any atom is -0.483 e. The average molecular weight is 554 g/mol. The Morgan fingerprint density at radius 2 is 1.84 bits per heavy atom. The zero-order chi connectivity index (χ0) is 26.3. The van der Waals surface area contributed by atoms with Gasteiger partial charge in [-0.15, -0.1) is 12.4 Å². The minimum absolute atomic E-state index is 0. The highest BCUT2D eigenvalue weighted by molar-refractivity contribution is 5.94. The van der Waals surface area contributed by atoms with E-state index < -0.39 is 34.7 Å². The Hall–Kier alpha value is -3.44. The summed E-state index contributed by atoms with van der Waals surface area (Å²) < 4.78 is 78.6. The number of hydrogen-bond acceptors (Lipinski definition) is 5. The van der Waals surface area contributed by atoms with E-state index in [1.54, 1.807) is 43.4 Å². The first kappa shape index (κ1) is 27.6. The van der Waals surface area contributed by atoms with Gasteiger partial charge in [0, 0.05) is 55.9 Å². The first-order valence-corrected chi connectivity index (χ1v) is 11.7. The van der Waals surface area contributed by atoms with Crippen LogP contribution < -0.4 is 15.0 Å². The predicted molar refractivity (Wildman–Crippen MR) is 137 cm³/mol. The van der Waals surface area contributed by atoms with Crippen LogP contribution in [0.3, 0.4) is 0 Å². The van der Waals surface area contributed by atoms with Crippen LogP contribution >= 0.6 is 12.4 Å². The van der Waals surface area contributed by atoms with E-state index in [0.717, 1.165) is 19.6 Å². The molecule has 1 atom stereocenters. The van der Waals surface area contributed by atoms with Gasteiger partial charge in [-0.05, 0) is 18.6 Å². The first-order valence-electron chi connectivity index (χ1n) is 11.7. The van der Waals surface area contributed by atoms with Crippen molar-refractivity contribution in [3.63, 3.8) is 0 Å². The number of aryl methyl sites for hydroxylation is 1. The van der Waals surface area contributed by atoms with Crippen LogP contribution in [0.4, 0.5) is 27.8 Å². The maximum atomic E-state index is 15.6. The Balaban J connectivity index is 0.00000336. The van der Waals surface area contributed by atoms with Crippen molar-refractivity contribution in [2.24, 2.45) is 7.05 Å². The average Bonchev–Trinajstić information content (AvgIpc) is 3.19. The molecule has 1 aliphatic rings. The number of piperazine rings is 1. The number of anilines is 1. The predicted octanol–water partition coefficient (Wildman–Crippen LogP) is 5.73. The maximum Gasteiger partial charge on any atom is 0.419 e. The van der Waals surface area contributed by atoms with Crippen LogP contribution in [0.5, 0.6) is 5.75 Å². The van der Waals surface area contributed by atoms with E-state index in [4.69, 9.17) is 4.74 Å². The summed E-state index contributed by atoms with van der Waals surface area (Å²) in [6.45, 7) is 4.03. The summed E-state index contributed by atoms with van der Waals surface area (Å²) in [4.78, 5) is 6.60. The summed E-state index contributed by atoms with van der Waals surface area (Å²) in [5, 5.41) is 7.93. The molecule has 1 aliphatic heterocycles. The lowest BCUT2D eigenvalue weighted by atomic mass is 10.0. The Labute approximate surface area is 221 Å².